The van der Waals surface area contributed by atoms with Crippen LogP contribution in [0.5, 0.6) is 11.5 Å². The van der Waals surface area contributed by atoms with Gasteiger partial charge in [0.25, 0.3) is 11.8 Å². The SMILES string of the molecule is COc1ccc(NC2=C(c3ccc(C)cc3)C(=O)N(c3ccc(C#N)cc3)C2=O)c(OC)c1. The highest BCUT2D eigenvalue weighted by atomic mass is 16.5. The monoisotopic (exact) mass is 439 g/mol. The van der Waals surface area contributed by atoms with Crippen LogP contribution in [-0.4, -0.2) is 26.0 Å². The van der Waals surface area contributed by atoms with E-state index in [0.717, 1.165) is 10.5 Å². The maximum Gasteiger partial charge on any atom is 0.282 e. The predicted molar refractivity (Wildman–Crippen MR) is 125 cm³/mol. The third-order valence-electron chi connectivity index (χ3n) is 5.35. The van der Waals surface area contributed by atoms with E-state index < -0.39 is 11.8 Å². The van der Waals surface area contributed by atoms with Crippen LogP contribution in [0.25, 0.3) is 5.57 Å². The Balaban J connectivity index is 1.82. The number of carbonyl (C=O) groups excluding carboxylic acids is 2. The highest BCUT2D eigenvalue weighted by molar-refractivity contribution is 6.46. The number of amides is 2. The Morgan fingerprint density at radius 3 is 2.18 bits per heavy atom. The Labute approximate surface area is 191 Å². The molecule has 164 valence electrons. The van der Waals surface area contributed by atoms with Crippen LogP contribution in [0.4, 0.5) is 11.4 Å². The first-order chi connectivity index (χ1) is 16.0. The molecule has 1 N–H and O–H groups in total. The molecule has 0 aliphatic carbocycles. The van der Waals surface area contributed by atoms with Gasteiger partial charge in [0.15, 0.2) is 0 Å². The number of nitriles is 1. The second-order valence-corrected chi connectivity index (χ2v) is 7.41. The molecule has 4 rings (SSSR count). The average Bonchev–Trinajstić information content (AvgIpc) is 3.09. The summed E-state index contributed by atoms with van der Waals surface area (Å²) in [7, 11) is 3.06. The van der Waals surface area contributed by atoms with Crippen molar-refractivity contribution in [3.63, 3.8) is 0 Å². The van der Waals surface area contributed by atoms with Gasteiger partial charge in [-0.15, -0.1) is 0 Å². The summed E-state index contributed by atoms with van der Waals surface area (Å²) >= 11 is 0. The van der Waals surface area contributed by atoms with E-state index in [9.17, 15) is 9.59 Å². The van der Waals surface area contributed by atoms with Crippen LogP contribution in [0.2, 0.25) is 0 Å². The zero-order valence-corrected chi connectivity index (χ0v) is 18.4. The lowest BCUT2D eigenvalue weighted by molar-refractivity contribution is -0.120. The number of rotatable bonds is 6. The summed E-state index contributed by atoms with van der Waals surface area (Å²) < 4.78 is 10.7. The summed E-state index contributed by atoms with van der Waals surface area (Å²) in [5.74, 6) is 0.0991. The number of nitrogens with one attached hydrogen (secondary N) is 1. The largest absolute Gasteiger partial charge is 0.497 e. The second-order valence-electron chi connectivity index (χ2n) is 7.41. The van der Waals surface area contributed by atoms with Crippen molar-refractivity contribution in [2.24, 2.45) is 0 Å². The van der Waals surface area contributed by atoms with E-state index in [-0.39, 0.29) is 11.3 Å². The van der Waals surface area contributed by atoms with Crippen LogP contribution in [-0.2, 0) is 9.59 Å². The van der Waals surface area contributed by atoms with Gasteiger partial charge in [0.1, 0.15) is 17.2 Å². The topological polar surface area (TPSA) is 91.7 Å². The van der Waals surface area contributed by atoms with E-state index in [4.69, 9.17) is 14.7 Å². The van der Waals surface area contributed by atoms with Crippen molar-refractivity contribution in [1.82, 2.24) is 0 Å². The summed E-state index contributed by atoms with van der Waals surface area (Å²) in [4.78, 5) is 28.1. The van der Waals surface area contributed by atoms with Gasteiger partial charge in [0.2, 0.25) is 0 Å². The van der Waals surface area contributed by atoms with Gasteiger partial charge in [-0.3, -0.25) is 9.59 Å². The van der Waals surface area contributed by atoms with Crippen molar-refractivity contribution >= 4 is 28.8 Å². The van der Waals surface area contributed by atoms with Gasteiger partial charge in [0, 0.05) is 6.07 Å². The molecule has 0 unspecified atom stereocenters. The number of hydrogen-bond donors (Lipinski definition) is 1. The van der Waals surface area contributed by atoms with Crippen molar-refractivity contribution in [2.75, 3.05) is 24.4 Å². The standard InChI is InChI=1S/C26H21N3O4/c1-16-4-8-18(9-5-16)23-24(28-21-13-12-20(32-2)14-22(21)33-3)26(31)29(25(23)30)19-10-6-17(15-27)7-11-19/h4-14,28H,1-3H3. The Bertz CT molecular complexity index is 1300. The Hall–Kier alpha value is -4.57. The highest BCUT2D eigenvalue weighted by Crippen LogP contribution is 2.37. The molecule has 33 heavy (non-hydrogen) atoms. The quantitative estimate of drug-likeness (QED) is 0.577. The Morgan fingerprint density at radius 2 is 1.58 bits per heavy atom. The van der Waals surface area contributed by atoms with E-state index in [1.54, 1.807) is 49.6 Å². The summed E-state index contributed by atoms with van der Waals surface area (Å²) in [5.41, 5.74) is 3.37. The Morgan fingerprint density at radius 1 is 0.879 bits per heavy atom. The minimum absolute atomic E-state index is 0.136. The summed E-state index contributed by atoms with van der Waals surface area (Å²) in [6.45, 7) is 1.95. The normalized spacial score (nSPS) is 13.2. The molecule has 3 aromatic carbocycles. The van der Waals surface area contributed by atoms with Gasteiger partial charge >= 0.3 is 0 Å². The first kappa shape index (κ1) is 21.7. The molecule has 2 amide bonds. The molecule has 3 aromatic rings. The molecular formula is C26H21N3O4. The van der Waals surface area contributed by atoms with Gasteiger partial charge in [-0.2, -0.15) is 5.26 Å². The van der Waals surface area contributed by atoms with Crippen molar-refractivity contribution in [1.29, 1.82) is 5.26 Å². The van der Waals surface area contributed by atoms with Crippen LogP contribution in [0.15, 0.2) is 72.4 Å². The van der Waals surface area contributed by atoms with E-state index in [1.165, 1.54) is 7.11 Å². The van der Waals surface area contributed by atoms with Crippen molar-refractivity contribution < 1.29 is 19.1 Å². The van der Waals surface area contributed by atoms with Crippen LogP contribution < -0.4 is 19.7 Å². The minimum Gasteiger partial charge on any atom is -0.497 e. The first-order valence-electron chi connectivity index (χ1n) is 10.2. The number of imide groups is 1. The number of nitrogens with zero attached hydrogens (tertiary/aromatic N) is 2. The molecule has 0 spiro atoms. The smallest absolute Gasteiger partial charge is 0.282 e. The molecular weight excluding hydrogens is 418 g/mol. The van der Waals surface area contributed by atoms with Gasteiger partial charge in [-0.25, -0.2) is 4.90 Å². The van der Waals surface area contributed by atoms with Crippen LogP contribution in [0.1, 0.15) is 16.7 Å². The van der Waals surface area contributed by atoms with Crippen molar-refractivity contribution in [2.45, 2.75) is 6.92 Å². The lowest BCUT2D eigenvalue weighted by Crippen LogP contribution is -2.32. The van der Waals surface area contributed by atoms with Crippen LogP contribution in [0, 0.1) is 18.3 Å². The van der Waals surface area contributed by atoms with E-state index >= 15 is 0 Å². The number of hydrogen-bond acceptors (Lipinski definition) is 6. The molecule has 0 saturated carbocycles. The zero-order chi connectivity index (χ0) is 23.5. The number of methoxy groups -OCH3 is 2. The van der Waals surface area contributed by atoms with E-state index in [0.29, 0.717) is 34.0 Å². The lowest BCUT2D eigenvalue weighted by atomic mass is 10.0. The molecule has 7 nitrogen and oxygen atoms in total. The van der Waals surface area contributed by atoms with Crippen molar-refractivity contribution in [3.05, 3.63) is 89.1 Å². The van der Waals surface area contributed by atoms with Crippen LogP contribution >= 0.6 is 0 Å². The average molecular weight is 439 g/mol. The fourth-order valence-electron chi connectivity index (χ4n) is 3.59. The number of ether oxygens (including phenoxy) is 2. The molecule has 0 radical (unpaired) electrons. The number of aryl methyl sites for hydroxylation is 1. The number of anilines is 2. The molecule has 0 atom stereocenters. The zero-order valence-electron chi connectivity index (χ0n) is 18.4. The molecule has 0 fully saturated rings. The number of benzene rings is 3. The lowest BCUT2D eigenvalue weighted by Gasteiger charge is -2.16. The summed E-state index contributed by atoms with van der Waals surface area (Å²) in [6, 6.07) is 20.9. The third-order valence-corrected chi connectivity index (χ3v) is 5.35. The molecule has 0 saturated heterocycles. The second kappa shape index (κ2) is 8.89. The summed E-state index contributed by atoms with van der Waals surface area (Å²) in [5, 5.41) is 12.2. The molecule has 1 aliphatic heterocycles. The van der Waals surface area contributed by atoms with Gasteiger partial charge in [-0.05, 0) is 48.9 Å². The molecule has 7 heteroatoms. The highest BCUT2D eigenvalue weighted by Gasteiger charge is 2.40. The van der Waals surface area contributed by atoms with Crippen molar-refractivity contribution in [3.8, 4) is 17.6 Å². The van der Waals surface area contributed by atoms with E-state index in [2.05, 4.69) is 5.32 Å². The van der Waals surface area contributed by atoms with Gasteiger partial charge < -0.3 is 14.8 Å². The fraction of sp³-hybridized carbons (Fsp3) is 0.115. The van der Waals surface area contributed by atoms with Gasteiger partial charge in [0.05, 0.1) is 42.8 Å². The number of carbonyl (C=O) groups is 2. The van der Waals surface area contributed by atoms with Gasteiger partial charge in [-0.1, -0.05) is 29.8 Å². The first-order valence-corrected chi connectivity index (χ1v) is 10.2. The molecule has 0 bridgehead atoms. The molecule has 1 aliphatic rings. The molecule has 1 heterocycles. The summed E-state index contributed by atoms with van der Waals surface area (Å²) in [6.07, 6.45) is 0. The fourth-order valence-corrected chi connectivity index (χ4v) is 3.59. The third kappa shape index (κ3) is 4.02. The maximum absolute atomic E-state index is 13.5. The van der Waals surface area contributed by atoms with E-state index in [1.807, 2.05) is 37.3 Å². The predicted octanol–water partition coefficient (Wildman–Crippen LogP) is 4.28. The Kier molecular flexibility index (Phi) is 5.83. The molecule has 0 aromatic heterocycles. The maximum atomic E-state index is 13.5. The minimum atomic E-state index is -0.502. The van der Waals surface area contributed by atoms with Crippen LogP contribution in [0.3, 0.4) is 0 Å².